The number of primary amides is 1. The van der Waals surface area contributed by atoms with Crippen molar-refractivity contribution in [1.82, 2.24) is 16.0 Å². The Labute approximate surface area is 190 Å². The summed E-state index contributed by atoms with van der Waals surface area (Å²) < 4.78 is 0. The van der Waals surface area contributed by atoms with Crippen molar-refractivity contribution in [2.75, 3.05) is 25.2 Å². The maximum Gasteiger partial charge on any atom is 0.326 e. The van der Waals surface area contributed by atoms with E-state index < -0.39 is 66.8 Å². The van der Waals surface area contributed by atoms with Crippen LogP contribution in [0.5, 0.6) is 0 Å². The number of carboxylic acids is 1. The van der Waals surface area contributed by atoms with Crippen molar-refractivity contribution >= 4 is 41.4 Å². The first-order valence-corrected chi connectivity index (χ1v) is 11.4. The number of aliphatic carboxylic acids is 1. The molecule has 0 fully saturated rings. The molecular formula is C18H34N6O7S. The normalized spacial score (nSPS) is 14.5. The minimum atomic E-state index is -1.50. The number of nitrogens with one attached hydrogen (secondary N) is 3. The molecule has 0 radical (unpaired) electrons. The van der Waals surface area contributed by atoms with Crippen LogP contribution < -0.4 is 33.2 Å². The minimum Gasteiger partial charge on any atom is -0.480 e. The maximum absolute atomic E-state index is 12.5. The Balaban J connectivity index is 5.15. The van der Waals surface area contributed by atoms with E-state index in [9.17, 15) is 34.2 Å². The van der Waals surface area contributed by atoms with Crippen molar-refractivity contribution in [3.63, 3.8) is 0 Å². The lowest BCUT2D eigenvalue weighted by Crippen LogP contribution is -2.58. The molecule has 0 aliphatic heterocycles. The fourth-order valence-electron chi connectivity index (χ4n) is 2.56. The number of aliphatic hydroxyl groups excluding tert-OH is 1. The van der Waals surface area contributed by atoms with E-state index in [4.69, 9.17) is 17.2 Å². The molecule has 0 aromatic carbocycles. The van der Waals surface area contributed by atoms with E-state index in [-0.39, 0.29) is 6.42 Å². The van der Waals surface area contributed by atoms with E-state index in [1.807, 2.05) is 0 Å². The Bertz CT molecular complexity index is 651. The number of amides is 4. The molecule has 4 amide bonds. The Hall–Kier alpha value is -2.42. The molecule has 0 saturated heterocycles. The SMILES string of the molecule is CSCCC(NC(=O)C(CC(N)=O)NC(=O)C(CO)NC(=O)C(N)CCCCN)C(=O)O. The number of thioether (sulfide) groups is 1. The van der Waals surface area contributed by atoms with Crippen molar-refractivity contribution in [3.05, 3.63) is 0 Å². The first-order chi connectivity index (χ1) is 15.1. The van der Waals surface area contributed by atoms with Gasteiger partial charge in [0.25, 0.3) is 0 Å². The number of carboxylic acid groups (broad SMARTS) is 1. The number of hydrogen-bond acceptors (Lipinski definition) is 9. The van der Waals surface area contributed by atoms with Crippen molar-refractivity contribution in [2.45, 2.75) is 56.3 Å². The van der Waals surface area contributed by atoms with Crippen LogP contribution in [0.3, 0.4) is 0 Å². The zero-order chi connectivity index (χ0) is 24.7. The second-order valence-electron chi connectivity index (χ2n) is 7.05. The molecule has 4 unspecified atom stereocenters. The van der Waals surface area contributed by atoms with Gasteiger partial charge in [0.05, 0.1) is 19.1 Å². The Morgan fingerprint density at radius 1 is 0.906 bits per heavy atom. The predicted octanol–water partition coefficient (Wildman–Crippen LogP) is -3.40. The van der Waals surface area contributed by atoms with Crippen LogP contribution in [0.4, 0.5) is 0 Å². The average Bonchev–Trinajstić information content (AvgIpc) is 2.73. The number of carbonyl (C=O) groups is 5. The van der Waals surface area contributed by atoms with Gasteiger partial charge in [-0.3, -0.25) is 19.2 Å². The number of aliphatic hydroxyl groups is 1. The van der Waals surface area contributed by atoms with E-state index >= 15 is 0 Å². The van der Waals surface area contributed by atoms with Crippen LogP contribution in [0.15, 0.2) is 0 Å². The van der Waals surface area contributed by atoms with Crippen LogP contribution in [0.25, 0.3) is 0 Å². The molecule has 4 atom stereocenters. The summed E-state index contributed by atoms with van der Waals surface area (Å²) in [5.41, 5.74) is 16.3. The van der Waals surface area contributed by atoms with E-state index in [1.165, 1.54) is 11.8 Å². The molecule has 0 heterocycles. The number of nitrogens with two attached hydrogens (primary N) is 3. The highest BCUT2D eigenvalue weighted by Crippen LogP contribution is 2.03. The van der Waals surface area contributed by atoms with Gasteiger partial charge < -0.3 is 43.4 Å². The van der Waals surface area contributed by atoms with Gasteiger partial charge in [-0.05, 0) is 37.8 Å². The van der Waals surface area contributed by atoms with E-state index in [1.54, 1.807) is 6.26 Å². The van der Waals surface area contributed by atoms with Crippen molar-refractivity contribution in [2.24, 2.45) is 17.2 Å². The fourth-order valence-corrected chi connectivity index (χ4v) is 3.03. The summed E-state index contributed by atoms with van der Waals surface area (Å²) in [5, 5.41) is 25.5. The molecule has 184 valence electrons. The largest absolute Gasteiger partial charge is 0.480 e. The van der Waals surface area contributed by atoms with Gasteiger partial charge in [0.1, 0.15) is 18.1 Å². The molecule has 11 N–H and O–H groups in total. The molecule has 0 rings (SSSR count). The second kappa shape index (κ2) is 16.2. The molecule has 0 saturated carbocycles. The average molecular weight is 479 g/mol. The van der Waals surface area contributed by atoms with Gasteiger partial charge in [-0.15, -0.1) is 0 Å². The Morgan fingerprint density at radius 2 is 1.47 bits per heavy atom. The maximum atomic E-state index is 12.5. The summed E-state index contributed by atoms with van der Waals surface area (Å²) in [6.07, 6.45) is 2.87. The highest BCUT2D eigenvalue weighted by Gasteiger charge is 2.30. The third-order valence-corrected chi connectivity index (χ3v) is 5.03. The number of hydrogen-bond donors (Lipinski definition) is 8. The van der Waals surface area contributed by atoms with Crippen LogP contribution >= 0.6 is 11.8 Å². The summed E-state index contributed by atoms with van der Waals surface area (Å²) in [4.78, 5) is 59.8. The summed E-state index contributed by atoms with van der Waals surface area (Å²) in [5.74, 6) is -4.34. The van der Waals surface area contributed by atoms with Gasteiger partial charge >= 0.3 is 5.97 Å². The highest BCUT2D eigenvalue weighted by atomic mass is 32.2. The van der Waals surface area contributed by atoms with Crippen LogP contribution in [-0.4, -0.2) is 89.1 Å². The number of carbonyl (C=O) groups excluding carboxylic acids is 4. The number of unbranched alkanes of at least 4 members (excludes halogenated alkanes) is 1. The van der Waals surface area contributed by atoms with Crippen LogP contribution in [0, 0.1) is 0 Å². The van der Waals surface area contributed by atoms with Crippen molar-refractivity contribution in [1.29, 1.82) is 0 Å². The smallest absolute Gasteiger partial charge is 0.326 e. The van der Waals surface area contributed by atoms with Gasteiger partial charge in [0.15, 0.2) is 0 Å². The quantitative estimate of drug-likeness (QED) is 0.0963. The van der Waals surface area contributed by atoms with E-state index in [0.717, 1.165) is 0 Å². The van der Waals surface area contributed by atoms with Gasteiger partial charge in [0, 0.05) is 0 Å². The molecule has 0 aliphatic rings. The summed E-state index contributed by atoms with van der Waals surface area (Å²) in [7, 11) is 0. The molecule has 0 bridgehead atoms. The van der Waals surface area contributed by atoms with Gasteiger partial charge in [-0.1, -0.05) is 6.42 Å². The second-order valence-corrected chi connectivity index (χ2v) is 8.03. The van der Waals surface area contributed by atoms with E-state index in [2.05, 4.69) is 16.0 Å². The molecule has 0 aromatic rings. The fraction of sp³-hybridized carbons (Fsp3) is 0.722. The summed E-state index contributed by atoms with van der Waals surface area (Å²) in [6, 6.07) is -5.11. The van der Waals surface area contributed by atoms with Crippen molar-refractivity contribution < 1.29 is 34.2 Å². The van der Waals surface area contributed by atoms with Crippen LogP contribution in [0.2, 0.25) is 0 Å². The zero-order valence-electron chi connectivity index (χ0n) is 18.0. The summed E-state index contributed by atoms with van der Waals surface area (Å²) in [6.45, 7) is -0.358. The van der Waals surface area contributed by atoms with Crippen molar-refractivity contribution in [3.8, 4) is 0 Å². The molecule has 14 heteroatoms. The third kappa shape index (κ3) is 11.8. The molecular weight excluding hydrogens is 444 g/mol. The van der Waals surface area contributed by atoms with Crippen LogP contribution in [0.1, 0.15) is 32.1 Å². The van der Waals surface area contributed by atoms with Crippen LogP contribution in [-0.2, 0) is 24.0 Å². The molecule has 32 heavy (non-hydrogen) atoms. The van der Waals surface area contributed by atoms with Gasteiger partial charge in [-0.25, -0.2) is 4.79 Å². The third-order valence-electron chi connectivity index (χ3n) is 4.39. The van der Waals surface area contributed by atoms with E-state index in [0.29, 0.717) is 31.6 Å². The topological polar surface area (TPSA) is 240 Å². The lowest BCUT2D eigenvalue weighted by atomic mass is 10.1. The molecule has 0 aromatic heterocycles. The first-order valence-electron chi connectivity index (χ1n) is 10.0. The Kier molecular flexibility index (Phi) is 15.0. The minimum absolute atomic E-state index is 0.122. The van der Waals surface area contributed by atoms with Gasteiger partial charge in [-0.2, -0.15) is 11.8 Å². The Morgan fingerprint density at radius 3 is 1.97 bits per heavy atom. The standard InChI is InChI=1S/C18H34N6O7S/c1-32-7-5-11(18(30)31)22-16(28)12(8-14(21)26)23-17(29)13(9-25)24-15(27)10(20)4-2-3-6-19/h10-13,25H,2-9,19-20H2,1H3,(H2,21,26)(H,22,28)(H,23,29)(H,24,27)(H,30,31). The molecule has 0 spiro atoms. The lowest BCUT2D eigenvalue weighted by Gasteiger charge is -2.23. The highest BCUT2D eigenvalue weighted by molar-refractivity contribution is 7.98. The lowest BCUT2D eigenvalue weighted by molar-refractivity contribution is -0.142. The molecule has 0 aliphatic carbocycles. The zero-order valence-corrected chi connectivity index (χ0v) is 18.9. The predicted molar refractivity (Wildman–Crippen MR) is 118 cm³/mol. The number of rotatable bonds is 17. The first kappa shape index (κ1) is 29.6. The summed E-state index contributed by atoms with van der Waals surface area (Å²) >= 11 is 1.38. The molecule has 13 nitrogen and oxygen atoms in total. The van der Waals surface area contributed by atoms with Gasteiger partial charge in [0.2, 0.25) is 23.6 Å². The monoisotopic (exact) mass is 478 g/mol.